The summed E-state index contributed by atoms with van der Waals surface area (Å²) < 4.78 is 27.1. The van der Waals surface area contributed by atoms with Crippen molar-refractivity contribution >= 4 is 15.9 Å². The van der Waals surface area contributed by atoms with Gasteiger partial charge in [0.25, 0.3) is 0 Å². The Morgan fingerprint density at radius 2 is 1.58 bits per heavy atom. The van der Waals surface area contributed by atoms with E-state index in [-0.39, 0.29) is 4.90 Å². The zero-order valence-electron chi connectivity index (χ0n) is 11.9. The lowest BCUT2D eigenvalue weighted by atomic mass is 10.0. The van der Waals surface area contributed by atoms with Crippen LogP contribution in [0.3, 0.4) is 0 Å². The molecule has 5 nitrogen and oxygen atoms in total. The maximum Gasteiger partial charge on any atom is 0.241 e. The van der Waals surface area contributed by atoms with Crippen LogP contribution in [0.25, 0.3) is 0 Å². The zero-order valence-corrected chi connectivity index (χ0v) is 12.7. The van der Waals surface area contributed by atoms with E-state index in [1.807, 2.05) is 19.9 Å². The molecule has 0 aromatic heterocycles. The van der Waals surface area contributed by atoms with Crippen molar-refractivity contribution < 1.29 is 13.2 Å². The van der Waals surface area contributed by atoms with Gasteiger partial charge in [-0.15, -0.1) is 0 Å². The molecule has 0 aliphatic carbocycles. The highest BCUT2D eigenvalue weighted by Gasteiger charge is 2.25. The Morgan fingerprint density at radius 1 is 1.16 bits per heavy atom. The Morgan fingerprint density at radius 3 is 1.95 bits per heavy atom. The van der Waals surface area contributed by atoms with Crippen LogP contribution in [-0.4, -0.2) is 20.4 Å². The Bertz CT molecular complexity index is 595. The molecule has 0 radical (unpaired) electrons. The Labute approximate surface area is 114 Å². The molecule has 19 heavy (non-hydrogen) atoms. The molecule has 0 saturated heterocycles. The first-order chi connectivity index (χ1) is 8.58. The fourth-order valence-corrected chi connectivity index (χ4v) is 3.76. The molecule has 1 aromatic carbocycles. The first-order valence-corrected chi connectivity index (χ1v) is 7.45. The molecule has 1 atom stereocenters. The number of nitrogens with one attached hydrogen (secondary N) is 1. The maximum atomic E-state index is 12.4. The van der Waals surface area contributed by atoms with Crippen molar-refractivity contribution in [2.24, 2.45) is 5.73 Å². The Balaban J connectivity index is 3.41. The van der Waals surface area contributed by atoms with Crippen LogP contribution in [-0.2, 0) is 14.8 Å². The van der Waals surface area contributed by atoms with E-state index in [0.29, 0.717) is 11.1 Å². The number of carbonyl (C=O) groups is 1. The fourth-order valence-electron chi connectivity index (χ4n) is 1.93. The maximum absolute atomic E-state index is 12.4. The molecule has 0 saturated carbocycles. The number of hydrogen-bond acceptors (Lipinski definition) is 3. The zero-order chi connectivity index (χ0) is 15.0. The SMILES string of the molecule is Cc1cc(C)c(C)c(S(=O)(=O)NC(C)C(N)=O)c1C. The average Bonchev–Trinajstić information content (AvgIpc) is 2.25. The van der Waals surface area contributed by atoms with Crippen LogP contribution >= 0.6 is 0 Å². The van der Waals surface area contributed by atoms with Gasteiger partial charge in [0.2, 0.25) is 15.9 Å². The molecule has 0 heterocycles. The van der Waals surface area contributed by atoms with E-state index in [0.717, 1.165) is 11.1 Å². The lowest BCUT2D eigenvalue weighted by Crippen LogP contribution is -2.42. The molecule has 1 unspecified atom stereocenters. The van der Waals surface area contributed by atoms with Crippen LogP contribution in [0, 0.1) is 27.7 Å². The molecule has 0 bridgehead atoms. The largest absolute Gasteiger partial charge is 0.368 e. The van der Waals surface area contributed by atoms with Gasteiger partial charge in [-0.25, -0.2) is 8.42 Å². The highest BCUT2D eigenvalue weighted by Crippen LogP contribution is 2.25. The van der Waals surface area contributed by atoms with Crippen LogP contribution < -0.4 is 10.5 Å². The molecule has 0 aliphatic rings. The molecule has 3 N–H and O–H groups in total. The number of sulfonamides is 1. The van der Waals surface area contributed by atoms with Gasteiger partial charge in [0.1, 0.15) is 0 Å². The summed E-state index contributed by atoms with van der Waals surface area (Å²) in [5.74, 6) is -0.705. The van der Waals surface area contributed by atoms with E-state index < -0.39 is 22.0 Å². The van der Waals surface area contributed by atoms with Gasteiger partial charge < -0.3 is 5.73 Å². The smallest absolute Gasteiger partial charge is 0.241 e. The fraction of sp³-hybridized carbons (Fsp3) is 0.462. The van der Waals surface area contributed by atoms with E-state index in [4.69, 9.17) is 5.73 Å². The van der Waals surface area contributed by atoms with Crippen molar-refractivity contribution in [3.63, 3.8) is 0 Å². The monoisotopic (exact) mass is 284 g/mol. The third-order valence-electron chi connectivity index (χ3n) is 3.32. The first kappa shape index (κ1) is 15.7. The predicted molar refractivity (Wildman–Crippen MR) is 74.4 cm³/mol. The quantitative estimate of drug-likeness (QED) is 0.866. The van der Waals surface area contributed by atoms with Gasteiger partial charge in [0.05, 0.1) is 10.9 Å². The van der Waals surface area contributed by atoms with Gasteiger partial charge in [-0.05, 0) is 56.9 Å². The topological polar surface area (TPSA) is 89.3 Å². The summed E-state index contributed by atoms with van der Waals surface area (Å²) in [4.78, 5) is 11.2. The third kappa shape index (κ3) is 3.13. The number of amides is 1. The molecular weight excluding hydrogens is 264 g/mol. The molecule has 6 heteroatoms. The highest BCUT2D eigenvalue weighted by molar-refractivity contribution is 7.89. The molecule has 106 valence electrons. The minimum absolute atomic E-state index is 0.234. The number of primary amides is 1. The summed E-state index contributed by atoms with van der Waals surface area (Å²) in [6.45, 7) is 8.65. The van der Waals surface area contributed by atoms with Crippen molar-refractivity contribution in [3.8, 4) is 0 Å². The van der Waals surface area contributed by atoms with Gasteiger partial charge >= 0.3 is 0 Å². The summed E-state index contributed by atoms with van der Waals surface area (Å²) in [5, 5.41) is 0. The summed E-state index contributed by atoms with van der Waals surface area (Å²) in [7, 11) is -3.76. The van der Waals surface area contributed by atoms with Crippen molar-refractivity contribution in [2.75, 3.05) is 0 Å². The molecule has 0 aliphatic heterocycles. The summed E-state index contributed by atoms with van der Waals surface area (Å²) in [6.07, 6.45) is 0. The molecule has 1 rings (SSSR count). The van der Waals surface area contributed by atoms with Crippen LogP contribution in [0.15, 0.2) is 11.0 Å². The van der Waals surface area contributed by atoms with Gasteiger partial charge in [-0.1, -0.05) is 6.07 Å². The normalized spacial score (nSPS) is 13.3. The first-order valence-electron chi connectivity index (χ1n) is 5.97. The molecule has 0 spiro atoms. The van der Waals surface area contributed by atoms with Crippen LogP contribution in [0.1, 0.15) is 29.2 Å². The second-order valence-electron chi connectivity index (χ2n) is 4.83. The third-order valence-corrected chi connectivity index (χ3v) is 5.14. The standard InChI is InChI=1S/C13H20N2O3S/c1-7-6-8(2)10(4)12(9(7)3)19(17,18)15-11(5)13(14)16/h6,11,15H,1-5H3,(H2,14,16). The molecular formula is C13H20N2O3S. The lowest BCUT2D eigenvalue weighted by Gasteiger charge is -2.17. The number of carbonyl (C=O) groups excluding carboxylic acids is 1. The highest BCUT2D eigenvalue weighted by atomic mass is 32.2. The molecule has 1 amide bonds. The van der Waals surface area contributed by atoms with Gasteiger partial charge in [0, 0.05) is 0 Å². The van der Waals surface area contributed by atoms with E-state index >= 15 is 0 Å². The average molecular weight is 284 g/mol. The van der Waals surface area contributed by atoms with E-state index in [9.17, 15) is 13.2 Å². The Hall–Kier alpha value is -1.40. The summed E-state index contributed by atoms with van der Waals surface area (Å²) in [6, 6.07) is 1.01. The Kier molecular flexibility index (Phi) is 4.37. The predicted octanol–water partition coefficient (Wildman–Crippen LogP) is 1.07. The van der Waals surface area contributed by atoms with Crippen LogP contribution in [0.5, 0.6) is 0 Å². The van der Waals surface area contributed by atoms with Crippen molar-refractivity contribution in [2.45, 2.75) is 45.6 Å². The minimum atomic E-state index is -3.76. The molecule has 0 fully saturated rings. The second-order valence-corrected chi connectivity index (χ2v) is 6.49. The lowest BCUT2D eigenvalue weighted by molar-refractivity contribution is -0.119. The van der Waals surface area contributed by atoms with Crippen LogP contribution in [0.4, 0.5) is 0 Å². The van der Waals surface area contributed by atoms with E-state index in [1.54, 1.807) is 13.8 Å². The second kappa shape index (κ2) is 5.30. The summed E-state index contributed by atoms with van der Waals surface area (Å²) >= 11 is 0. The number of aryl methyl sites for hydroxylation is 2. The minimum Gasteiger partial charge on any atom is -0.368 e. The van der Waals surface area contributed by atoms with Gasteiger partial charge in [-0.2, -0.15) is 4.72 Å². The van der Waals surface area contributed by atoms with Gasteiger partial charge in [-0.3, -0.25) is 4.79 Å². The van der Waals surface area contributed by atoms with Crippen molar-refractivity contribution in [1.29, 1.82) is 0 Å². The van der Waals surface area contributed by atoms with E-state index in [2.05, 4.69) is 4.72 Å². The summed E-state index contributed by atoms with van der Waals surface area (Å²) in [5.41, 5.74) is 8.26. The van der Waals surface area contributed by atoms with Crippen molar-refractivity contribution in [3.05, 3.63) is 28.3 Å². The number of rotatable bonds is 4. The number of benzene rings is 1. The van der Waals surface area contributed by atoms with Crippen LogP contribution in [0.2, 0.25) is 0 Å². The number of hydrogen-bond donors (Lipinski definition) is 2. The van der Waals surface area contributed by atoms with Crippen molar-refractivity contribution in [1.82, 2.24) is 4.72 Å². The number of nitrogens with two attached hydrogens (primary N) is 1. The molecule has 1 aromatic rings. The van der Waals surface area contributed by atoms with Gasteiger partial charge in [0.15, 0.2) is 0 Å². The van der Waals surface area contributed by atoms with E-state index in [1.165, 1.54) is 6.92 Å².